The number of hydrogen-bond donors (Lipinski definition) is 5. The van der Waals surface area contributed by atoms with Crippen LogP contribution in [0.3, 0.4) is 0 Å². The number of aliphatic hydroxyl groups excluding tert-OH is 4. The van der Waals surface area contributed by atoms with E-state index in [2.05, 4.69) is 8.92 Å². The molecule has 1 saturated heterocycles. The molecule has 6 atom stereocenters. The Morgan fingerprint density at radius 1 is 1.38 bits per heavy atom. The maximum absolute atomic E-state index is 11.8. The summed E-state index contributed by atoms with van der Waals surface area (Å²) in [6.07, 6.45) is -9.05. The summed E-state index contributed by atoms with van der Waals surface area (Å²) in [6, 6.07) is 0. The molecule has 0 bridgehead atoms. The second-order valence-corrected chi connectivity index (χ2v) is 6.96. The summed E-state index contributed by atoms with van der Waals surface area (Å²) in [5.74, 6) is -3.74. The number of carbonyl (C=O) groups excluding carboxylic acids is 1. The van der Waals surface area contributed by atoms with Gasteiger partial charge in [0.15, 0.2) is 11.9 Å². The fraction of sp³-hybridized carbons (Fsp3) is 0.917. The summed E-state index contributed by atoms with van der Waals surface area (Å²) in [7, 11) is -4.12. The van der Waals surface area contributed by atoms with Gasteiger partial charge in [0.05, 0.1) is 19.5 Å². The van der Waals surface area contributed by atoms with E-state index >= 15 is 0 Å². The molecule has 0 aromatic rings. The number of ether oxygens (including phenoxy) is 2. The van der Waals surface area contributed by atoms with Crippen LogP contribution in [-0.2, 0) is 28.6 Å². The molecule has 1 rings (SSSR count). The largest absolute Gasteiger partial charge is 0.464 e. The fourth-order valence-corrected chi connectivity index (χ4v) is 2.84. The lowest BCUT2D eigenvalue weighted by Crippen LogP contribution is -2.48. The lowest BCUT2D eigenvalue weighted by Gasteiger charge is -2.29. The molecule has 5 N–H and O–H groups in total. The van der Waals surface area contributed by atoms with Crippen LogP contribution in [-0.4, -0.2) is 95.7 Å². The van der Waals surface area contributed by atoms with Crippen molar-refractivity contribution in [1.82, 2.24) is 0 Å². The van der Waals surface area contributed by atoms with Crippen LogP contribution in [0.25, 0.3) is 0 Å². The standard InChI is InChI=1S/C12H22O11S/c1-3-21-11(17)7(23-24(2,19)20)4-12(18)10(16)8(15)9(22-12)6(14)5-13/h6-10,13-16,18H,3-5H2,1-2H3/t6-,7?,8+,9-,10-,12?/m1/s1. The SMILES string of the molecule is CCOC(=O)C(CC1(O)O[C@H]([C@H](O)CO)[C@H](O)[C@H]1O)OS(C)(=O)=O. The number of hydrogen-bond acceptors (Lipinski definition) is 11. The van der Waals surface area contributed by atoms with Gasteiger partial charge < -0.3 is 35.0 Å². The normalized spacial score (nSPS) is 33.2. The van der Waals surface area contributed by atoms with Crippen LogP contribution < -0.4 is 0 Å². The van der Waals surface area contributed by atoms with Gasteiger partial charge in [-0.05, 0) is 6.92 Å². The molecule has 0 spiro atoms. The van der Waals surface area contributed by atoms with Gasteiger partial charge in [0.25, 0.3) is 10.1 Å². The van der Waals surface area contributed by atoms with E-state index < -0.39 is 65.4 Å². The van der Waals surface area contributed by atoms with Crippen LogP contribution in [0.4, 0.5) is 0 Å². The molecule has 0 aliphatic carbocycles. The van der Waals surface area contributed by atoms with Crippen LogP contribution in [0.5, 0.6) is 0 Å². The highest BCUT2D eigenvalue weighted by atomic mass is 32.2. The third-order valence-corrected chi connectivity index (χ3v) is 3.93. The first-order chi connectivity index (χ1) is 10.9. The summed E-state index contributed by atoms with van der Waals surface area (Å²) in [5, 5.41) is 48.4. The maximum atomic E-state index is 11.8. The van der Waals surface area contributed by atoms with Crippen molar-refractivity contribution in [2.75, 3.05) is 19.5 Å². The highest BCUT2D eigenvalue weighted by molar-refractivity contribution is 7.86. The predicted octanol–water partition coefficient (Wildman–Crippen LogP) is -3.55. The number of aliphatic hydroxyl groups is 5. The molecule has 11 nitrogen and oxygen atoms in total. The second kappa shape index (κ2) is 8.01. The summed E-state index contributed by atoms with van der Waals surface area (Å²) >= 11 is 0. The van der Waals surface area contributed by atoms with E-state index in [4.69, 9.17) is 9.84 Å². The highest BCUT2D eigenvalue weighted by Crippen LogP contribution is 2.35. The van der Waals surface area contributed by atoms with Crippen molar-refractivity contribution in [3.8, 4) is 0 Å². The van der Waals surface area contributed by atoms with Crippen molar-refractivity contribution in [1.29, 1.82) is 0 Å². The van der Waals surface area contributed by atoms with E-state index in [1.54, 1.807) is 0 Å². The van der Waals surface area contributed by atoms with Crippen molar-refractivity contribution in [3.05, 3.63) is 0 Å². The molecule has 142 valence electrons. The molecule has 0 amide bonds. The Morgan fingerprint density at radius 2 is 1.96 bits per heavy atom. The van der Waals surface area contributed by atoms with E-state index in [0.29, 0.717) is 6.26 Å². The first-order valence-electron chi connectivity index (χ1n) is 7.05. The van der Waals surface area contributed by atoms with Gasteiger partial charge in [-0.15, -0.1) is 0 Å². The first-order valence-corrected chi connectivity index (χ1v) is 8.87. The van der Waals surface area contributed by atoms with Crippen molar-refractivity contribution in [3.63, 3.8) is 0 Å². The van der Waals surface area contributed by atoms with Crippen LogP contribution in [0.2, 0.25) is 0 Å². The zero-order chi connectivity index (χ0) is 18.7. The Labute approximate surface area is 138 Å². The van der Waals surface area contributed by atoms with E-state index in [1.165, 1.54) is 6.92 Å². The summed E-state index contributed by atoms with van der Waals surface area (Å²) in [4.78, 5) is 11.8. The lowest BCUT2D eigenvalue weighted by atomic mass is 9.98. The van der Waals surface area contributed by atoms with Crippen LogP contribution in [0.1, 0.15) is 13.3 Å². The fourth-order valence-electron chi connectivity index (χ4n) is 2.27. The smallest absolute Gasteiger partial charge is 0.337 e. The summed E-state index contributed by atoms with van der Waals surface area (Å²) < 4.78 is 36.6. The van der Waals surface area contributed by atoms with Gasteiger partial charge in [0, 0.05) is 6.42 Å². The molecule has 0 saturated carbocycles. The quantitative estimate of drug-likeness (QED) is 0.210. The van der Waals surface area contributed by atoms with E-state index in [9.17, 15) is 33.6 Å². The minimum atomic E-state index is -4.12. The van der Waals surface area contributed by atoms with Crippen LogP contribution in [0.15, 0.2) is 0 Å². The third-order valence-electron chi connectivity index (χ3n) is 3.35. The second-order valence-electron chi connectivity index (χ2n) is 5.36. The summed E-state index contributed by atoms with van der Waals surface area (Å²) in [6.45, 7) is 0.535. The average Bonchev–Trinajstić information content (AvgIpc) is 2.69. The highest BCUT2D eigenvalue weighted by Gasteiger charge is 2.57. The molecule has 1 aliphatic rings. The zero-order valence-corrected chi connectivity index (χ0v) is 13.9. The van der Waals surface area contributed by atoms with Gasteiger partial charge in [-0.3, -0.25) is 4.18 Å². The van der Waals surface area contributed by atoms with E-state index in [1.807, 2.05) is 0 Å². The van der Waals surface area contributed by atoms with Gasteiger partial charge in [0.1, 0.15) is 24.4 Å². The van der Waals surface area contributed by atoms with Crippen LogP contribution in [0, 0.1) is 0 Å². The van der Waals surface area contributed by atoms with Crippen molar-refractivity contribution < 1.29 is 52.4 Å². The molecular formula is C12H22O11S. The number of esters is 1. The zero-order valence-electron chi connectivity index (χ0n) is 13.1. The Bertz CT molecular complexity index is 535. The minimum absolute atomic E-state index is 0.0984. The molecule has 0 aromatic heterocycles. The van der Waals surface area contributed by atoms with Gasteiger partial charge in [-0.2, -0.15) is 8.42 Å². The molecule has 1 heterocycles. The van der Waals surface area contributed by atoms with Crippen molar-refractivity contribution in [2.45, 2.75) is 49.7 Å². The Balaban J connectivity index is 3.00. The molecule has 2 unspecified atom stereocenters. The number of carbonyl (C=O) groups is 1. The Kier molecular flexibility index (Phi) is 7.07. The Morgan fingerprint density at radius 3 is 2.42 bits per heavy atom. The molecule has 1 aliphatic heterocycles. The van der Waals surface area contributed by atoms with Gasteiger partial charge in [-0.1, -0.05) is 0 Å². The van der Waals surface area contributed by atoms with Crippen molar-refractivity contribution >= 4 is 16.1 Å². The average molecular weight is 374 g/mol. The molecular weight excluding hydrogens is 352 g/mol. The third kappa shape index (κ3) is 5.07. The lowest BCUT2D eigenvalue weighted by molar-refractivity contribution is -0.250. The summed E-state index contributed by atoms with van der Waals surface area (Å²) in [5.41, 5.74) is 0. The molecule has 0 aromatic carbocycles. The Hall–Kier alpha value is -0.860. The minimum Gasteiger partial charge on any atom is -0.464 e. The van der Waals surface area contributed by atoms with Crippen molar-refractivity contribution in [2.24, 2.45) is 0 Å². The molecule has 0 radical (unpaired) electrons. The molecule has 24 heavy (non-hydrogen) atoms. The van der Waals surface area contributed by atoms with Gasteiger partial charge in [-0.25, -0.2) is 4.79 Å². The van der Waals surface area contributed by atoms with Crippen LogP contribution >= 0.6 is 0 Å². The van der Waals surface area contributed by atoms with E-state index in [0.717, 1.165) is 0 Å². The number of rotatable bonds is 8. The topological polar surface area (TPSA) is 180 Å². The van der Waals surface area contributed by atoms with E-state index in [-0.39, 0.29) is 6.61 Å². The predicted molar refractivity (Wildman–Crippen MR) is 75.9 cm³/mol. The van der Waals surface area contributed by atoms with Gasteiger partial charge >= 0.3 is 5.97 Å². The molecule has 12 heteroatoms. The monoisotopic (exact) mass is 374 g/mol. The van der Waals surface area contributed by atoms with Gasteiger partial charge in [0.2, 0.25) is 0 Å². The maximum Gasteiger partial charge on any atom is 0.337 e. The molecule has 1 fully saturated rings. The first kappa shape index (κ1) is 21.2.